The minimum atomic E-state index is -0.325. The zero-order valence-corrected chi connectivity index (χ0v) is 8.73. The number of nitrogens with zero attached hydrogens (tertiary/aromatic N) is 2. The zero-order chi connectivity index (χ0) is 11.2. The second-order valence-electron chi connectivity index (χ2n) is 3.37. The van der Waals surface area contributed by atoms with Crippen molar-refractivity contribution >= 4 is 5.82 Å². The molecule has 0 aliphatic carbocycles. The Balaban J connectivity index is 1.87. The molecule has 4 heteroatoms. The molecule has 2 heterocycles. The van der Waals surface area contributed by atoms with Crippen LogP contribution in [0.2, 0.25) is 0 Å². The Morgan fingerprint density at radius 2 is 2.06 bits per heavy atom. The van der Waals surface area contributed by atoms with E-state index in [1.807, 2.05) is 12.1 Å². The van der Waals surface area contributed by atoms with Crippen LogP contribution in [0.25, 0.3) is 0 Å². The van der Waals surface area contributed by atoms with Crippen LogP contribution in [0.4, 0.5) is 10.2 Å². The maximum absolute atomic E-state index is 13.2. The molecule has 0 aliphatic heterocycles. The van der Waals surface area contributed by atoms with Gasteiger partial charge in [0.1, 0.15) is 0 Å². The van der Waals surface area contributed by atoms with E-state index < -0.39 is 0 Å². The Morgan fingerprint density at radius 3 is 2.81 bits per heavy atom. The van der Waals surface area contributed by atoms with Crippen LogP contribution in [0, 0.1) is 5.82 Å². The van der Waals surface area contributed by atoms with Crippen molar-refractivity contribution in [3.63, 3.8) is 0 Å². The van der Waals surface area contributed by atoms with Gasteiger partial charge in [-0.05, 0) is 30.2 Å². The minimum absolute atomic E-state index is 0.298. The van der Waals surface area contributed by atoms with Gasteiger partial charge in [0.2, 0.25) is 0 Å². The van der Waals surface area contributed by atoms with Crippen molar-refractivity contribution in [1.82, 2.24) is 9.97 Å². The normalized spacial score (nSPS) is 10.1. The van der Waals surface area contributed by atoms with Gasteiger partial charge in [0.15, 0.2) is 11.6 Å². The van der Waals surface area contributed by atoms with E-state index in [0.717, 1.165) is 12.0 Å². The van der Waals surface area contributed by atoms with Crippen molar-refractivity contribution in [2.75, 3.05) is 11.9 Å². The second kappa shape index (κ2) is 5.21. The summed E-state index contributed by atoms with van der Waals surface area (Å²) in [5.74, 6) is -0.0277. The lowest BCUT2D eigenvalue weighted by atomic mass is 10.2. The Kier molecular flexibility index (Phi) is 3.43. The molecule has 0 unspecified atom stereocenters. The third-order valence-corrected chi connectivity index (χ3v) is 2.19. The van der Waals surface area contributed by atoms with Crippen molar-refractivity contribution in [3.8, 4) is 0 Å². The van der Waals surface area contributed by atoms with Crippen LogP contribution < -0.4 is 5.32 Å². The van der Waals surface area contributed by atoms with Gasteiger partial charge in [-0.15, -0.1) is 0 Å². The summed E-state index contributed by atoms with van der Waals surface area (Å²) in [7, 11) is 0. The third-order valence-electron chi connectivity index (χ3n) is 2.19. The summed E-state index contributed by atoms with van der Waals surface area (Å²) >= 11 is 0. The highest BCUT2D eigenvalue weighted by atomic mass is 19.1. The van der Waals surface area contributed by atoms with Crippen molar-refractivity contribution in [2.45, 2.75) is 6.42 Å². The molecule has 0 atom stereocenters. The number of rotatable bonds is 4. The fourth-order valence-corrected chi connectivity index (χ4v) is 1.39. The summed E-state index contributed by atoms with van der Waals surface area (Å²) in [4.78, 5) is 7.92. The van der Waals surface area contributed by atoms with Gasteiger partial charge in [-0.2, -0.15) is 0 Å². The molecule has 0 aliphatic rings. The van der Waals surface area contributed by atoms with E-state index in [1.165, 1.54) is 6.07 Å². The van der Waals surface area contributed by atoms with Crippen LogP contribution in [0.5, 0.6) is 0 Å². The van der Waals surface area contributed by atoms with E-state index in [0.29, 0.717) is 12.4 Å². The van der Waals surface area contributed by atoms with Crippen LogP contribution in [-0.4, -0.2) is 16.5 Å². The standard InChI is InChI=1S/C12H12FN3/c13-11-4-2-7-15-12(11)16-8-5-10-3-1-6-14-9-10/h1-4,6-7,9H,5,8H2,(H,15,16). The van der Waals surface area contributed by atoms with Gasteiger partial charge >= 0.3 is 0 Å². The van der Waals surface area contributed by atoms with Gasteiger partial charge in [0, 0.05) is 25.1 Å². The van der Waals surface area contributed by atoms with E-state index in [-0.39, 0.29) is 5.82 Å². The molecular formula is C12H12FN3. The highest BCUT2D eigenvalue weighted by Crippen LogP contribution is 2.08. The van der Waals surface area contributed by atoms with Gasteiger partial charge in [-0.25, -0.2) is 9.37 Å². The predicted octanol–water partition coefficient (Wildman–Crippen LogP) is 2.27. The van der Waals surface area contributed by atoms with E-state index in [9.17, 15) is 4.39 Å². The Hall–Kier alpha value is -1.97. The lowest BCUT2D eigenvalue weighted by molar-refractivity contribution is 0.624. The fraction of sp³-hybridized carbons (Fsp3) is 0.167. The molecule has 0 bridgehead atoms. The molecular weight excluding hydrogens is 205 g/mol. The largest absolute Gasteiger partial charge is 0.367 e. The maximum atomic E-state index is 13.2. The summed E-state index contributed by atoms with van der Waals surface area (Å²) in [6, 6.07) is 6.83. The van der Waals surface area contributed by atoms with Gasteiger partial charge in [0.25, 0.3) is 0 Å². The van der Waals surface area contributed by atoms with Gasteiger partial charge in [0.05, 0.1) is 0 Å². The SMILES string of the molecule is Fc1cccnc1NCCc1cccnc1. The Morgan fingerprint density at radius 1 is 1.19 bits per heavy atom. The van der Waals surface area contributed by atoms with Gasteiger partial charge < -0.3 is 5.32 Å². The molecule has 1 N–H and O–H groups in total. The van der Waals surface area contributed by atoms with Gasteiger partial charge in [-0.1, -0.05) is 6.07 Å². The highest BCUT2D eigenvalue weighted by molar-refractivity contribution is 5.35. The van der Waals surface area contributed by atoms with Gasteiger partial charge in [-0.3, -0.25) is 4.98 Å². The molecule has 0 spiro atoms. The summed E-state index contributed by atoms with van der Waals surface area (Å²) < 4.78 is 13.2. The maximum Gasteiger partial charge on any atom is 0.165 e. The summed E-state index contributed by atoms with van der Waals surface area (Å²) in [6.07, 6.45) is 5.89. The van der Waals surface area contributed by atoms with Crippen molar-refractivity contribution in [1.29, 1.82) is 0 Å². The number of anilines is 1. The summed E-state index contributed by atoms with van der Waals surface area (Å²) in [6.45, 7) is 0.639. The third kappa shape index (κ3) is 2.76. The molecule has 2 aromatic rings. The van der Waals surface area contributed by atoms with Crippen LogP contribution in [0.3, 0.4) is 0 Å². The van der Waals surface area contributed by atoms with E-state index >= 15 is 0 Å². The number of aromatic nitrogens is 2. The fourth-order valence-electron chi connectivity index (χ4n) is 1.39. The smallest absolute Gasteiger partial charge is 0.165 e. The molecule has 0 radical (unpaired) electrons. The number of halogens is 1. The number of pyridine rings is 2. The molecule has 0 saturated heterocycles. The molecule has 0 fully saturated rings. The van der Waals surface area contributed by atoms with E-state index in [4.69, 9.17) is 0 Å². The first kappa shape index (κ1) is 10.5. The summed E-state index contributed by atoms with van der Waals surface area (Å²) in [5.41, 5.74) is 1.12. The molecule has 0 saturated carbocycles. The first-order valence-electron chi connectivity index (χ1n) is 5.09. The lowest BCUT2D eigenvalue weighted by Gasteiger charge is -2.05. The molecule has 0 amide bonds. The molecule has 0 aromatic carbocycles. The van der Waals surface area contributed by atoms with Crippen LogP contribution >= 0.6 is 0 Å². The Labute approximate surface area is 93.4 Å². The van der Waals surface area contributed by atoms with E-state index in [2.05, 4.69) is 15.3 Å². The highest BCUT2D eigenvalue weighted by Gasteiger charge is 2.00. The molecule has 82 valence electrons. The van der Waals surface area contributed by atoms with Crippen LogP contribution in [-0.2, 0) is 6.42 Å². The molecule has 16 heavy (non-hydrogen) atoms. The average molecular weight is 217 g/mol. The van der Waals surface area contributed by atoms with Crippen molar-refractivity contribution in [3.05, 3.63) is 54.2 Å². The Bertz CT molecular complexity index is 445. The number of hydrogen-bond acceptors (Lipinski definition) is 3. The van der Waals surface area contributed by atoms with Crippen molar-refractivity contribution in [2.24, 2.45) is 0 Å². The quantitative estimate of drug-likeness (QED) is 0.853. The number of hydrogen-bond donors (Lipinski definition) is 1. The zero-order valence-electron chi connectivity index (χ0n) is 8.73. The summed E-state index contributed by atoms with van der Waals surface area (Å²) in [5, 5.41) is 2.95. The van der Waals surface area contributed by atoms with Crippen LogP contribution in [0.1, 0.15) is 5.56 Å². The lowest BCUT2D eigenvalue weighted by Crippen LogP contribution is -2.07. The molecule has 2 aromatic heterocycles. The minimum Gasteiger partial charge on any atom is -0.367 e. The first-order chi connectivity index (χ1) is 7.86. The topological polar surface area (TPSA) is 37.8 Å². The monoisotopic (exact) mass is 217 g/mol. The number of nitrogens with one attached hydrogen (secondary N) is 1. The average Bonchev–Trinajstić information content (AvgIpc) is 2.33. The molecule has 2 rings (SSSR count). The van der Waals surface area contributed by atoms with Crippen molar-refractivity contribution < 1.29 is 4.39 Å². The van der Waals surface area contributed by atoms with E-state index in [1.54, 1.807) is 24.7 Å². The van der Waals surface area contributed by atoms with Crippen LogP contribution in [0.15, 0.2) is 42.9 Å². The predicted molar refractivity (Wildman–Crippen MR) is 60.6 cm³/mol. The first-order valence-corrected chi connectivity index (χ1v) is 5.09. The second-order valence-corrected chi connectivity index (χ2v) is 3.37. The molecule has 3 nitrogen and oxygen atoms in total.